The molecule has 0 radical (unpaired) electrons. The molecule has 0 bridgehead atoms. The first-order chi connectivity index (χ1) is 11.7. The van der Waals surface area contributed by atoms with Crippen LogP contribution in [0.3, 0.4) is 0 Å². The first-order valence-corrected chi connectivity index (χ1v) is 8.08. The smallest absolute Gasteiger partial charge is 0.348 e. The average Bonchev–Trinajstić information content (AvgIpc) is 2.58. The Hall–Kier alpha value is -2.37. The molecule has 2 atom stereocenters. The lowest BCUT2D eigenvalue weighted by atomic mass is 9.92. The van der Waals surface area contributed by atoms with Crippen molar-refractivity contribution in [2.75, 3.05) is 0 Å². The number of nitrogens with zero attached hydrogens (tertiary/aromatic N) is 1. The van der Waals surface area contributed by atoms with Crippen LogP contribution in [0.25, 0.3) is 0 Å². The minimum atomic E-state index is -4.50. The van der Waals surface area contributed by atoms with Gasteiger partial charge in [-0.05, 0) is 24.5 Å². The minimum absolute atomic E-state index is 0.0152. The largest absolute Gasteiger partial charge is 0.416 e. The van der Waals surface area contributed by atoms with Crippen molar-refractivity contribution in [1.82, 2.24) is 10.3 Å². The second-order valence-corrected chi connectivity index (χ2v) is 6.32. The standard InChI is InChI=1S/C19H21F3N2O/c1-12(2)17(15-11-23-10-9-16(15)19(20,21)22)24-18(25)13(3)14-7-5-4-6-8-14/h4-13,17H,1-3H3,(H,24,25). The van der Waals surface area contributed by atoms with Crippen LogP contribution in [0.5, 0.6) is 0 Å². The molecular formula is C19H21F3N2O. The number of halogens is 3. The van der Waals surface area contributed by atoms with Crippen LogP contribution in [-0.4, -0.2) is 10.9 Å². The SMILES string of the molecule is CC(C(=O)NC(c1cnccc1C(F)(F)F)C(C)C)c1ccccc1. The summed E-state index contributed by atoms with van der Waals surface area (Å²) in [5.41, 5.74) is 0.0252. The number of aromatic nitrogens is 1. The van der Waals surface area contributed by atoms with E-state index in [1.807, 2.05) is 30.3 Å². The summed E-state index contributed by atoms with van der Waals surface area (Å²) in [7, 11) is 0. The van der Waals surface area contributed by atoms with E-state index in [-0.39, 0.29) is 17.4 Å². The number of benzene rings is 1. The van der Waals surface area contributed by atoms with Crippen molar-refractivity contribution in [3.63, 3.8) is 0 Å². The van der Waals surface area contributed by atoms with E-state index in [0.717, 1.165) is 17.8 Å². The van der Waals surface area contributed by atoms with Crippen molar-refractivity contribution < 1.29 is 18.0 Å². The number of hydrogen-bond donors (Lipinski definition) is 1. The van der Waals surface area contributed by atoms with Crippen molar-refractivity contribution in [2.24, 2.45) is 5.92 Å². The lowest BCUT2D eigenvalue weighted by molar-refractivity contribution is -0.139. The third kappa shape index (κ3) is 4.59. The van der Waals surface area contributed by atoms with Crippen LogP contribution in [0.1, 0.15) is 49.4 Å². The highest BCUT2D eigenvalue weighted by atomic mass is 19.4. The van der Waals surface area contributed by atoms with Gasteiger partial charge in [0.15, 0.2) is 0 Å². The second-order valence-electron chi connectivity index (χ2n) is 6.32. The fourth-order valence-corrected chi connectivity index (χ4v) is 2.69. The first-order valence-electron chi connectivity index (χ1n) is 8.08. The molecule has 134 valence electrons. The highest BCUT2D eigenvalue weighted by Crippen LogP contribution is 2.36. The third-order valence-corrected chi connectivity index (χ3v) is 4.15. The maximum atomic E-state index is 13.3. The van der Waals surface area contributed by atoms with Crippen LogP contribution in [0.15, 0.2) is 48.8 Å². The number of hydrogen-bond acceptors (Lipinski definition) is 2. The van der Waals surface area contributed by atoms with Gasteiger partial charge in [-0.2, -0.15) is 13.2 Å². The predicted octanol–water partition coefficient (Wildman–Crippen LogP) is 4.72. The molecule has 2 aromatic rings. The first kappa shape index (κ1) is 19.0. The monoisotopic (exact) mass is 350 g/mol. The number of carbonyl (C=O) groups excluding carboxylic acids is 1. The zero-order chi connectivity index (χ0) is 18.6. The number of carbonyl (C=O) groups is 1. The lowest BCUT2D eigenvalue weighted by Gasteiger charge is -2.27. The molecule has 1 amide bonds. The van der Waals surface area contributed by atoms with Crippen molar-refractivity contribution in [3.05, 3.63) is 65.5 Å². The molecule has 3 nitrogen and oxygen atoms in total. The van der Waals surface area contributed by atoms with Crippen LogP contribution < -0.4 is 5.32 Å². The molecule has 2 rings (SSSR count). The molecular weight excluding hydrogens is 329 g/mol. The number of nitrogens with one attached hydrogen (secondary N) is 1. The zero-order valence-electron chi connectivity index (χ0n) is 14.3. The summed E-state index contributed by atoms with van der Waals surface area (Å²) in [6.07, 6.45) is -2.21. The molecule has 0 aliphatic carbocycles. The summed E-state index contributed by atoms with van der Waals surface area (Å²) in [6.45, 7) is 5.27. The van der Waals surface area contributed by atoms with E-state index in [0.29, 0.717) is 0 Å². The van der Waals surface area contributed by atoms with Gasteiger partial charge in [0.25, 0.3) is 0 Å². The van der Waals surface area contributed by atoms with Crippen LogP contribution in [0.2, 0.25) is 0 Å². The van der Waals surface area contributed by atoms with Gasteiger partial charge in [-0.15, -0.1) is 0 Å². The second kappa shape index (κ2) is 7.68. The fourth-order valence-electron chi connectivity index (χ4n) is 2.69. The van der Waals surface area contributed by atoms with Gasteiger partial charge in [0, 0.05) is 18.0 Å². The van der Waals surface area contributed by atoms with Gasteiger partial charge in [-0.25, -0.2) is 0 Å². The Bertz CT molecular complexity index is 714. The van der Waals surface area contributed by atoms with E-state index in [9.17, 15) is 18.0 Å². The molecule has 0 saturated carbocycles. The molecule has 0 fully saturated rings. The summed E-state index contributed by atoms with van der Waals surface area (Å²) < 4.78 is 39.9. The highest BCUT2D eigenvalue weighted by Gasteiger charge is 2.36. The van der Waals surface area contributed by atoms with E-state index >= 15 is 0 Å². The van der Waals surface area contributed by atoms with Gasteiger partial charge in [-0.3, -0.25) is 9.78 Å². The molecule has 1 aromatic carbocycles. The molecule has 0 aliphatic rings. The van der Waals surface area contributed by atoms with E-state index in [1.54, 1.807) is 20.8 Å². The summed E-state index contributed by atoms with van der Waals surface area (Å²) in [4.78, 5) is 16.4. The normalized spacial score (nSPS) is 14.2. The molecule has 0 saturated heterocycles. The van der Waals surface area contributed by atoms with Crippen molar-refractivity contribution in [1.29, 1.82) is 0 Å². The molecule has 0 spiro atoms. The van der Waals surface area contributed by atoms with Crippen molar-refractivity contribution >= 4 is 5.91 Å². The molecule has 2 unspecified atom stereocenters. The molecule has 0 aliphatic heterocycles. The molecule has 6 heteroatoms. The summed E-state index contributed by atoms with van der Waals surface area (Å²) in [5, 5.41) is 2.76. The van der Waals surface area contributed by atoms with Gasteiger partial charge < -0.3 is 5.32 Å². The van der Waals surface area contributed by atoms with Gasteiger partial charge in [0.2, 0.25) is 5.91 Å². The Morgan fingerprint density at radius 2 is 1.72 bits per heavy atom. The Labute approximate surface area is 145 Å². The fraction of sp³-hybridized carbons (Fsp3) is 0.368. The van der Waals surface area contributed by atoms with Crippen LogP contribution in [0.4, 0.5) is 13.2 Å². The minimum Gasteiger partial charge on any atom is -0.348 e. The molecule has 1 aromatic heterocycles. The van der Waals surface area contributed by atoms with E-state index in [4.69, 9.17) is 0 Å². The van der Waals surface area contributed by atoms with E-state index in [1.165, 1.54) is 6.20 Å². The number of alkyl halides is 3. The molecule has 1 N–H and O–H groups in total. The summed E-state index contributed by atoms with van der Waals surface area (Å²) in [6, 6.07) is 9.29. The van der Waals surface area contributed by atoms with Gasteiger partial charge in [0.05, 0.1) is 17.5 Å². The van der Waals surface area contributed by atoms with Gasteiger partial charge >= 0.3 is 6.18 Å². The number of pyridine rings is 1. The van der Waals surface area contributed by atoms with Crippen LogP contribution >= 0.6 is 0 Å². The Balaban J connectivity index is 2.30. The quantitative estimate of drug-likeness (QED) is 0.848. The summed E-state index contributed by atoms with van der Waals surface area (Å²) >= 11 is 0. The molecule has 25 heavy (non-hydrogen) atoms. The summed E-state index contributed by atoms with van der Waals surface area (Å²) in [5.74, 6) is -1.01. The van der Waals surface area contributed by atoms with E-state index in [2.05, 4.69) is 10.3 Å². The number of amides is 1. The van der Waals surface area contributed by atoms with Gasteiger partial charge in [-0.1, -0.05) is 44.2 Å². The Morgan fingerprint density at radius 1 is 1.08 bits per heavy atom. The predicted molar refractivity (Wildman–Crippen MR) is 89.8 cm³/mol. The molecule has 1 heterocycles. The van der Waals surface area contributed by atoms with E-state index < -0.39 is 23.7 Å². The van der Waals surface area contributed by atoms with Gasteiger partial charge in [0.1, 0.15) is 0 Å². The number of rotatable bonds is 5. The maximum Gasteiger partial charge on any atom is 0.416 e. The van der Waals surface area contributed by atoms with Crippen molar-refractivity contribution in [3.8, 4) is 0 Å². The Kier molecular flexibility index (Phi) is 5.82. The van der Waals surface area contributed by atoms with Crippen molar-refractivity contribution in [2.45, 2.75) is 38.9 Å². The topological polar surface area (TPSA) is 42.0 Å². The highest BCUT2D eigenvalue weighted by molar-refractivity contribution is 5.83. The zero-order valence-corrected chi connectivity index (χ0v) is 14.3. The maximum absolute atomic E-state index is 13.3. The Morgan fingerprint density at radius 3 is 2.28 bits per heavy atom. The average molecular weight is 350 g/mol. The third-order valence-electron chi connectivity index (χ3n) is 4.15. The lowest BCUT2D eigenvalue weighted by Crippen LogP contribution is -2.35. The van der Waals surface area contributed by atoms with Crippen LogP contribution in [0, 0.1) is 5.92 Å². The van der Waals surface area contributed by atoms with Crippen LogP contribution in [-0.2, 0) is 11.0 Å².